The molecule has 0 heterocycles. The molecule has 1 rings (SSSR count). The summed E-state index contributed by atoms with van der Waals surface area (Å²) in [4.78, 5) is 20.7. The SMILES string of the molecule is O=C(O)/C=C\Sc1ccc([N+](=O)[O-])cc1. The maximum absolute atomic E-state index is 10.3. The van der Waals surface area contributed by atoms with E-state index in [1.54, 1.807) is 12.1 Å². The predicted octanol–water partition coefficient (Wildman–Crippen LogP) is 2.29. The molecule has 0 fully saturated rings. The minimum absolute atomic E-state index is 0.0153. The molecule has 6 heteroatoms. The molecule has 0 aliphatic rings. The summed E-state index contributed by atoms with van der Waals surface area (Å²) in [7, 11) is 0. The van der Waals surface area contributed by atoms with E-state index < -0.39 is 10.9 Å². The summed E-state index contributed by atoms with van der Waals surface area (Å²) in [6.45, 7) is 0. The Kier molecular flexibility index (Phi) is 3.87. The fourth-order valence-electron chi connectivity index (χ4n) is 0.817. The van der Waals surface area contributed by atoms with Crippen molar-refractivity contribution in [1.29, 1.82) is 0 Å². The highest BCUT2D eigenvalue weighted by Crippen LogP contribution is 2.21. The summed E-state index contributed by atoms with van der Waals surface area (Å²) in [5.74, 6) is -1.02. The number of nitro groups is 1. The van der Waals surface area contributed by atoms with Crippen LogP contribution < -0.4 is 0 Å². The number of carbonyl (C=O) groups is 1. The lowest BCUT2D eigenvalue weighted by Crippen LogP contribution is -1.86. The normalized spacial score (nSPS) is 10.4. The van der Waals surface area contributed by atoms with Crippen molar-refractivity contribution in [2.24, 2.45) is 0 Å². The smallest absolute Gasteiger partial charge is 0.328 e. The van der Waals surface area contributed by atoms with Crippen LogP contribution in [-0.4, -0.2) is 16.0 Å². The van der Waals surface area contributed by atoms with E-state index in [-0.39, 0.29) is 5.69 Å². The first-order valence-electron chi connectivity index (χ1n) is 3.90. The van der Waals surface area contributed by atoms with E-state index in [1.165, 1.54) is 29.3 Å². The van der Waals surface area contributed by atoms with Crippen LogP contribution in [0.25, 0.3) is 0 Å². The van der Waals surface area contributed by atoms with Crippen molar-refractivity contribution >= 4 is 23.4 Å². The number of nitrogens with zero attached hydrogens (tertiary/aromatic N) is 1. The van der Waals surface area contributed by atoms with Gasteiger partial charge in [0.05, 0.1) is 4.92 Å². The average molecular weight is 225 g/mol. The summed E-state index contributed by atoms with van der Waals surface area (Å²) in [6, 6.07) is 5.87. The Morgan fingerprint density at radius 1 is 1.40 bits per heavy atom. The lowest BCUT2D eigenvalue weighted by atomic mass is 10.3. The van der Waals surface area contributed by atoms with Gasteiger partial charge in [0.15, 0.2) is 0 Å². The quantitative estimate of drug-likeness (QED) is 0.368. The second-order valence-electron chi connectivity index (χ2n) is 2.51. The second kappa shape index (κ2) is 5.16. The highest BCUT2D eigenvalue weighted by Gasteiger charge is 2.02. The van der Waals surface area contributed by atoms with Crippen LogP contribution in [0.2, 0.25) is 0 Å². The topological polar surface area (TPSA) is 80.4 Å². The van der Waals surface area contributed by atoms with E-state index in [9.17, 15) is 14.9 Å². The number of aliphatic carboxylic acids is 1. The number of nitro benzene ring substituents is 1. The Morgan fingerprint density at radius 3 is 2.47 bits per heavy atom. The average Bonchev–Trinajstić information content (AvgIpc) is 2.18. The minimum Gasteiger partial charge on any atom is -0.478 e. The molecule has 0 spiro atoms. The van der Waals surface area contributed by atoms with Crippen molar-refractivity contribution in [2.45, 2.75) is 4.90 Å². The van der Waals surface area contributed by atoms with Gasteiger partial charge >= 0.3 is 5.97 Å². The van der Waals surface area contributed by atoms with Gasteiger partial charge in [-0.1, -0.05) is 11.8 Å². The molecular weight excluding hydrogens is 218 g/mol. The molecule has 0 radical (unpaired) electrons. The third-order valence-electron chi connectivity index (χ3n) is 1.46. The third-order valence-corrected chi connectivity index (χ3v) is 2.28. The lowest BCUT2D eigenvalue weighted by molar-refractivity contribution is -0.384. The zero-order chi connectivity index (χ0) is 11.3. The molecule has 78 valence electrons. The first-order chi connectivity index (χ1) is 7.09. The van der Waals surface area contributed by atoms with E-state index in [0.717, 1.165) is 11.0 Å². The van der Waals surface area contributed by atoms with Gasteiger partial charge < -0.3 is 5.11 Å². The molecule has 0 saturated carbocycles. The second-order valence-corrected chi connectivity index (χ2v) is 3.49. The molecule has 0 atom stereocenters. The molecule has 0 aromatic heterocycles. The van der Waals surface area contributed by atoms with Crippen LogP contribution in [-0.2, 0) is 4.79 Å². The van der Waals surface area contributed by atoms with E-state index in [2.05, 4.69) is 0 Å². The molecule has 0 unspecified atom stereocenters. The Morgan fingerprint density at radius 2 is 2.00 bits per heavy atom. The van der Waals surface area contributed by atoms with Crippen LogP contribution >= 0.6 is 11.8 Å². The molecule has 0 aliphatic heterocycles. The van der Waals surface area contributed by atoms with Crippen LogP contribution in [0, 0.1) is 10.1 Å². The Balaban J connectivity index is 2.65. The van der Waals surface area contributed by atoms with Crippen molar-refractivity contribution in [3.05, 3.63) is 45.9 Å². The summed E-state index contributed by atoms with van der Waals surface area (Å²) in [6.07, 6.45) is 1.01. The number of carboxylic acid groups (broad SMARTS) is 1. The van der Waals surface area contributed by atoms with E-state index in [4.69, 9.17) is 5.11 Å². The Hall–Kier alpha value is -1.82. The molecule has 5 nitrogen and oxygen atoms in total. The van der Waals surface area contributed by atoms with Crippen LogP contribution in [0.15, 0.2) is 40.6 Å². The number of non-ortho nitro benzene ring substituents is 1. The maximum Gasteiger partial charge on any atom is 0.328 e. The van der Waals surface area contributed by atoms with Crippen molar-refractivity contribution < 1.29 is 14.8 Å². The van der Waals surface area contributed by atoms with E-state index >= 15 is 0 Å². The van der Waals surface area contributed by atoms with Crippen LogP contribution in [0.5, 0.6) is 0 Å². The van der Waals surface area contributed by atoms with Gasteiger partial charge in [-0.2, -0.15) is 0 Å². The van der Waals surface area contributed by atoms with Crippen molar-refractivity contribution in [2.75, 3.05) is 0 Å². The first kappa shape index (κ1) is 11.3. The number of rotatable bonds is 4. The van der Waals surface area contributed by atoms with Crippen molar-refractivity contribution in [1.82, 2.24) is 0 Å². The Bertz CT molecular complexity index is 399. The summed E-state index contributed by atoms with van der Waals surface area (Å²) < 4.78 is 0. The number of carboxylic acids is 1. The van der Waals surface area contributed by atoms with Gasteiger partial charge in [0, 0.05) is 23.1 Å². The van der Waals surface area contributed by atoms with Crippen LogP contribution in [0.1, 0.15) is 0 Å². The molecule has 0 bridgehead atoms. The maximum atomic E-state index is 10.3. The highest BCUT2D eigenvalue weighted by molar-refractivity contribution is 8.02. The monoisotopic (exact) mass is 225 g/mol. The number of benzene rings is 1. The molecule has 1 aromatic rings. The minimum atomic E-state index is -1.02. The van der Waals surface area contributed by atoms with Crippen molar-refractivity contribution in [3.63, 3.8) is 0 Å². The fraction of sp³-hybridized carbons (Fsp3) is 0. The van der Waals surface area contributed by atoms with Crippen LogP contribution in [0.4, 0.5) is 5.69 Å². The van der Waals surface area contributed by atoms with Gasteiger partial charge in [-0.3, -0.25) is 10.1 Å². The van der Waals surface area contributed by atoms with Gasteiger partial charge in [0.25, 0.3) is 5.69 Å². The highest BCUT2D eigenvalue weighted by atomic mass is 32.2. The predicted molar refractivity (Wildman–Crippen MR) is 55.7 cm³/mol. The van der Waals surface area contributed by atoms with Gasteiger partial charge in [-0.25, -0.2) is 4.79 Å². The molecule has 0 saturated heterocycles. The Labute approximate surface area is 89.6 Å². The standard InChI is InChI=1S/C9H7NO4S/c11-9(12)5-6-15-8-3-1-7(2-4-8)10(13)14/h1-6H,(H,11,12)/b6-5-. The lowest BCUT2D eigenvalue weighted by Gasteiger charge is -1.94. The van der Waals surface area contributed by atoms with E-state index in [0.29, 0.717) is 0 Å². The first-order valence-corrected chi connectivity index (χ1v) is 4.78. The largest absolute Gasteiger partial charge is 0.478 e. The van der Waals surface area contributed by atoms with Gasteiger partial charge in [-0.15, -0.1) is 0 Å². The molecule has 1 aromatic carbocycles. The molecule has 0 aliphatic carbocycles. The van der Waals surface area contributed by atoms with Crippen molar-refractivity contribution in [3.8, 4) is 0 Å². The third kappa shape index (κ3) is 3.82. The van der Waals surface area contributed by atoms with Gasteiger partial charge in [-0.05, 0) is 17.5 Å². The molecule has 0 amide bonds. The van der Waals surface area contributed by atoms with Gasteiger partial charge in [0.1, 0.15) is 0 Å². The summed E-state index contributed by atoms with van der Waals surface area (Å²) in [5.41, 5.74) is 0.0153. The summed E-state index contributed by atoms with van der Waals surface area (Å²) in [5, 5.41) is 20.0. The number of hydrogen-bond acceptors (Lipinski definition) is 4. The number of hydrogen-bond donors (Lipinski definition) is 1. The zero-order valence-corrected chi connectivity index (χ0v) is 8.31. The summed E-state index contributed by atoms with van der Waals surface area (Å²) >= 11 is 1.19. The van der Waals surface area contributed by atoms with E-state index in [1.807, 2.05) is 0 Å². The van der Waals surface area contributed by atoms with Crippen LogP contribution in [0.3, 0.4) is 0 Å². The fourth-order valence-corrected chi connectivity index (χ4v) is 1.45. The zero-order valence-electron chi connectivity index (χ0n) is 7.49. The molecular formula is C9H7NO4S. The number of thioether (sulfide) groups is 1. The molecule has 1 N–H and O–H groups in total. The molecule has 15 heavy (non-hydrogen) atoms. The van der Waals surface area contributed by atoms with Gasteiger partial charge in [0.2, 0.25) is 0 Å².